The Morgan fingerprint density at radius 3 is 2.62 bits per heavy atom. The lowest BCUT2D eigenvalue weighted by Gasteiger charge is -2.09. The van der Waals surface area contributed by atoms with E-state index < -0.39 is 5.97 Å². The molecule has 86 valence electrons. The Kier molecular flexibility index (Phi) is 4.50. The van der Waals surface area contributed by atoms with Crippen LogP contribution in [0.2, 0.25) is 5.02 Å². The number of benzene rings is 1. The number of hydrogen-bond donors (Lipinski definition) is 1. The third kappa shape index (κ3) is 3.06. The van der Waals surface area contributed by atoms with Crippen LogP contribution in [0.3, 0.4) is 0 Å². The summed E-state index contributed by atoms with van der Waals surface area (Å²) >= 11 is 9.05. The number of carbonyl (C=O) groups is 2. The zero-order chi connectivity index (χ0) is 12.3. The summed E-state index contributed by atoms with van der Waals surface area (Å²) in [4.78, 5) is 22.1. The van der Waals surface area contributed by atoms with Gasteiger partial charge in [0.05, 0.1) is 11.2 Å². The molecule has 1 unspecified atom stereocenters. The number of alkyl halides is 1. The van der Waals surface area contributed by atoms with Gasteiger partial charge in [-0.1, -0.05) is 39.7 Å². The van der Waals surface area contributed by atoms with Crippen molar-refractivity contribution in [1.29, 1.82) is 0 Å². The molecule has 0 saturated heterocycles. The van der Waals surface area contributed by atoms with E-state index in [2.05, 4.69) is 15.9 Å². The molecule has 0 bridgehead atoms. The second-order valence-corrected chi connectivity index (χ2v) is 5.10. The highest BCUT2D eigenvalue weighted by Gasteiger charge is 2.19. The van der Waals surface area contributed by atoms with Crippen LogP contribution in [0.4, 0.5) is 0 Å². The molecule has 0 aliphatic carbocycles. The minimum Gasteiger partial charge on any atom is -0.481 e. The summed E-state index contributed by atoms with van der Waals surface area (Å²) in [5.74, 6) is -1.18. The average molecular weight is 306 g/mol. The molecule has 0 aromatic heterocycles. The molecule has 0 aliphatic rings. The predicted octanol–water partition coefficient (Wildman–Crippen LogP) is 2.93. The first-order valence-corrected chi connectivity index (χ1v) is 5.90. The molecule has 0 radical (unpaired) electrons. The molecule has 1 N–H and O–H groups in total. The quantitative estimate of drug-likeness (QED) is 0.687. The first kappa shape index (κ1) is 13.2. The molecule has 0 heterocycles. The van der Waals surface area contributed by atoms with E-state index in [0.717, 1.165) is 0 Å². The van der Waals surface area contributed by atoms with Crippen molar-refractivity contribution in [2.75, 3.05) is 0 Å². The van der Waals surface area contributed by atoms with E-state index in [1.165, 1.54) is 0 Å². The Morgan fingerprint density at radius 2 is 2.12 bits per heavy atom. The van der Waals surface area contributed by atoms with Gasteiger partial charge < -0.3 is 5.11 Å². The molecule has 1 atom stereocenters. The van der Waals surface area contributed by atoms with Gasteiger partial charge in [0, 0.05) is 10.6 Å². The molecule has 1 aromatic carbocycles. The number of hydrogen-bond acceptors (Lipinski definition) is 2. The van der Waals surface area contributed by atoms with Crippen LogP contribution in [0.25, 0.3) is 0 Å². The predicted molar refractivity (Wildman–Crippen MR) is 65.5 cm³/mol. The summed E-state index contributed by atoms with van der Waals surface area (Å²) in [5.41, 5.74) is 0.729. The van der Waals surface area contributed by atoms with Crippen LogP contribution in [-0.4, -0.2) is 21.7 Å². The largest absolute Gasteiger partial charge is 0.481 e. The average Bonchev–Trinajstić information content (AvgIpc) is 2.19. The maximum atomic E-state index is 11.8. The highest BCUT2D eigenvalue weighted by Crippen LogP contribution is 2.23. The van der Waals surface area contributed by atoms with Gasteiger partial charge in [-0.3, -0.25) is 9.59 Å². The van der Waals surface area contributed by atoms with Crippen LogP contribution in [0.1, 0.15) is 22.8 Å². The fraction of sp³-hybridized carbons (Fsp3) is 0.273. The molecular weight excluding hydrogens is 295 g/mol. The maximum Gasteiger partial charge on any atom is 0.307 e. The van der Waals surface area contributed by atoms with Gasteiger partial charge in [0.2, 0.25) is 0 Å². The minimum absolute atomic E-state index is 0.168. The number of carbonyl (C=O) groups excluding carboxylic acids is 1. The van der Waals surface area contributed by atoms with Crippen LogP contribution in [0.15, 0.2) is 18.2 Å². The third-order valence-electron chi connectivity index (χ3n) is 2.07. The molecule has 16 heavy (non-hydrogen) atoms. The van der Waals surface area contributed by atoms with E-state index in [1.54, 1.807) is 25.1 Å². The van der Waals surface area contributed by atoms with Crippen LogP contribution in [0, 0.1) is 0 Å². The molecule has 3 nitrogen and oxygen atoms in total. The highest BCUT2D eigenvalue weighted by molar-refractivity contribution is 9.10. The van der Waals surface area contributed by atoms with Crippen molar-refractivity contribution in [3.8, 4) is 0 Å². The van der Waals surface area contributed by atoms with Gasteiger partial charge >= 0.3 is 5.97 Å². The van der Waals surface area contributed by atoms with Crippen molar-refractivity contribution in [2.45, 2.75) is 18.2 Å². The van der Waals surface area contributed by atoms with Gasteiger partial charge in [-0.25, -0.2) is 0 Å². The van der Waals surface area contributed by atoms with Gasteiger partial charge in [-0.2, -0.15) is 0 Å². The van der Waals surface area contributed by atoms with Crippen LogP contribution >= 0.6 is 27.5 Å². The Hall–Kier alpha value is -0.870. The van der Waals surface area contributed by atoms with E-state index >= 15 is 0 Å². The Morgan fingerprint density at radius 1 is 1.50 bits per heavy atom. The van der Waals surface area contributed by atoms with Crippen molar-refractivity contribution in [1.82, 2.24) is 0 Å². The van der Waals surface area contributed by atoms with E-state index in [9.17, 15) is 9.59 Å². The zero-order valence-corrected chi connectivity index (χ0v) is 10.9. The van der Waals surface area contributed by atoms with Gasteiger partial charge in [0.15, 0.2) is 5.78 Å². The number of carboxylic acid groups (broad SMARTS) is 1. The van der Waals surface area contributed by atoms with E-state index in [1.807, 2.05) is 0 Å². The SMILES string of the molecule is CC(Br)C(=O)c1cccc(Cl)c1CC(=O)O. The second kappa shape index (κ2) is 5.46. The molecule has 1 aromatic rings. The van der Waals surface area contributed by atoms with Crippen LogP contribution in [-0.2, 0) is 11.2 Å². The first-order chi connectivity index (χ1) is 7.43. The van der Waals surface area contributed by atoms with E-state index in [4.69, 9.17) is 16.7 Å². The Labute approximate surface area is 107 Å². The molecule has 0 fully saturated rings. The lowest BCUT2D eigenvalue weighted by atomic mass is 9.99. The van der Waals surface area contributed by atoms with Crippen molar-refractivity contribution in [2.24, 2.45) is 0 Å². The Balaban J connectivity index is 3.22. The summed E-state index contributed by atoms with van der Waals surface area (Å²) in [6, 6.07) is 4.80. The summed E-state index contributed by atoms with van der Waals surface area (Å²) in [7, 11) is 0. The van der Waals surface area contributed by atoms with E-state index in [0.29, 0.717) is 16.1 Å². The summed E-state index contributed by atoms with van der Waals surface area (Å²) in [6.07, 6.45) is -0.250. The first-order valence-electron chi connectivity index (χ1n) is 4.61. The number of aliphatic carboxylic acids is 1. The van der Waals surface area contributed by atoms with Gasteiger partial charge in [0.1, 0.15) is 0 Å². The second-order valence-electron chi connectivity index (χ2n) is 3.32. The minimum atomic E-state index is -1.01. The highest BCUT2D eigenvalue weighted by atomic mass is 79.9. The summed E-state index contributed by atoms with van der Waals surface area (Å²) < 4.78 is 0. The van der Waals surface area contributed by atoms with Crippen molar-refractivity contribution >= 4 is 39.3 Å². The van der Waals surface area contributed by atoms with Crippen molar-refractivity contribution in [3.63, 3.8) is 0 Å². The topological polar surface area (TPSA) is 54.4 Å². The smallest absolute Gasteiger partial charge is 0.307 e. The van der Waals surface area contributed by atoms with Gasteiger partial charge in [-0.15, -0.1) is 0 Å². The number of rotatable bonds is 4. The molecular formula is C11H10BrClO3. The standard InChI is InChI=1S/C11H10BrClO3/c1-6(12)11(16)7-3-2-4-9(13)8(7)5-10(14)15/h2-4,6H,5H2,1H3,(H,14,15). The number of ketones is 1. The monoisotopic (exact) mass is 304 g/mol. The van der Waals surface area contributed by atoms with Crippen molar-refractivity contribution in [3.05, 3.63) is 34.3 Å². The molecule has 1 rings (SSSR count). The van der Waals surface area contributed by atoms with Gasteiger partial charge in [0.25, 0.3) is 0 Å². The summed E-state index contributed by atoms with van der Waals surface area (Å²) in [5, 5.41) is 9.06. The van der Waals surface area contributed by atoms with Crippen LogP contribution in [0.5, 0.6) is 0 Å². The van der Waals surface area contributed by atoms with E-state index in [-0.39, 0.29) is 17.0 Å². The fourth-order valence-electron chi connectivity index (χ4n) is 1.33. The molecule has 0 aliphatic heterocycles. The number of halogens is 2. The normalized spacial score (nSPS) is 12.2. The van der Waals surface area contributed by atoms with Gasteiger partial charge in [-0.05, 0) is 18.6 Å². The fourth-order valence-corrected chi connectivity index (χ4v) is 1.82. The summed E-state index contributed by atoms with van der Waals surface area (Å²) in [6.45, 7) is 1.69. The lowest BCUT2D eigenvalue weighted by molar-refractivity contribution is -0.136. The number of Topliss-reactive ketones (excluding diaryl/α,β-unsaturated/α-hetero) is 1. The maximum absolute atomic E-state index is 11.8. The molecule has 5 heteroatoms. The third-order valence-corrected chi connectivity index (χ3v) is 2.84. The molecule has 0 spiro atoms. The van der Waals surface area contributed by atoms with Crippen molar-refractivity contribution < 1.29 is 14.7 Å². The zero-order valence-electron chi connectivity index (χ0n) is 8.54. The lowest BCUT2D eigenvalue weighted by Crippen LogP contribution is -2.15. The Bertz CT molecular complexity index is 429. The van der Waals surface area contributed by atoms with Crippen LogP contribution < -0.4 is 0 Å². The number of carboxylic acids is 1. The molecule has 0 amide bonds. The molecule has 0 saturated carbocycles.